The number of aromatic nitrogens is 1. The number of anilines is 1. The summed E-state index contributed by atoms with van der Waals surface area (Å²) in [6, 6.07) is 10.9. The summed E-state index contributed by atoms with van der Waals surface area (Å²) < 4.78 is 10.1. The largest absolute Gasteiger partial charge is 0.419 e. The smallest absolute Gasteiger partial charge is 0.350 e. The summed E-state index contributed by atoms with van der Waals surface area (Å²) in [7, 11) is 0. The molecule has 1 aliphatic rings. The topological polar surface area (TPSA) is 77.5 Å². The fourth-order valence-corrected chi connectivity index (χ4v) is 3.20. The summed E-state index contributed by atoms with van der Waals surface area (Å²) in [5, 5.41) is 4.20. The first kappa shape index (κ1) is 18.3. The van der Waals surface area contributed by atoms with Crippen molar-refractivity contribution in [2.24, 2.45) is 0 Å². The second-order valence-electron chi connectivity index (χ2n) is 5.80. The molecular weight excluding hydrogens is 376 g/mol. The van der Waals surface area contributed by atoms with E-state index < -0.39 is 17.7 Å². The molecule has 26 heavy (non-hydrogen) atoms. The maximum atomic E-state index is 11.9. The molecule has 6 nitrogen and oxygen atoms in total. The molecular formula is C18H15ClN2O4S. The number of nitrogens with one attached hydrogen (secondary N) is 1. The number of hydrogen-bond acceptors (Lipinski definition) is 7. The third kappa shape index (κ3) is 4.36. The van der Waals surface area contributed by atoms with Gasteiger partial charge in [-0.15, -0.1) is 0 Å². The number of cyclic esters (lactones) is 2. The lowest BCUT2D eigenvalue weighted by molar-refractivity contribution is -0.222. The molecule has 0 radical (unpaired) electrons. The zero-order valence-corrected chi connectivity index (χ0v) is 15.6. The van der Waals surface area contributed by atoms with Gasteiger partial charge in [-0.3, -0.25) is 0 Å². The van der Waals surface area contributed by atoms with Gasteiger partial charge in [0.25, 0.3) is 5.79 Å². The summed E-state index contributed by atoms with van der Waals surface area (Å²) in [6.07, 6.45) is 2.96. The van der Waals surface area contributed by atoms with Gasteiger partial charge in [0.1, 0.15) is 5.03 Å². The molecule has 1 saturated heterocycles. The van der Waals surface area contributed by atoms with E-state index >= 15 is 0 Å². The molecule has 0 atom stereocenters. The van der Waals surface area contributed by atoms with Crippen molar-refractivity contribution in [3.8, 4) is 0 Å². The molecule has 134 valence electrons. The number of rotatable bonds is 4. The average Bonchev–Trinajstić information content (AvgIpc) is 2.56. The summed E-state index contributed by atoms with van der Waals surface area (Å²) in [6.45, 7) is 2.98. The number of pyridine rings is 1. The van der Waals surface area contributed by atoms with Crippen LogP contribution in [0.5, 0.6) is 0 Å². The lowest BCUT2D eigenvalue weighted by Crippen LogP contribution is -2.42. The number of halogens is 1. The van der Waals surface area contributed by atoms with Gasteiger partial charge in [-0.2, -0.15) is 0 Å². The summed E-state index contributed by atoms with van der Waals surface area (Å²) in [5.41, 5.74) is 0.394. The van der Waals surface area contributed by atoms with Crippen LogP contribution in [-0.4, -0.2) is 22.7 Å². The highest BCUT2D eigenvalue weighted by atomic mass is 35.5. The van der Waals surface area contributed by atoms with Crippen LogP contribution in [0.4, 0.5) is 5.69 Å². The van der Waals surface area contributed by atoms with Crippen molar-refractivity contribution in [1.82, 2.24) is 4.98 Å². The van der Waals surface area contributed by atoms with Crippen LogP contribution in [0.15, 0.2) is 64.3 Å². The maximum Gasteiger partial charge on any atom is 0.350 e. The Kier molecular flexibility index (Phi) is 5.20. The van der Waals surface area contributed by atoms with Gasteiger partial charge >= 0.3 is 11.9 Å². The normalized spacial score (nSPS) is 15.9. The molecule has 0 amide bonds. The second kappa shape index (κ2) is 7.39. The summed E-state index contributed by atoms with van der Waals surface area (Å²) >= 11 is 7.74. The standard InChI is InChI=1S/C18H15ClN2O4S/c1-18(2)24-16(22)12(17(23)25-18)10-21-11-6-7-14(13(19)9-11)26-15-5-3-4-8-20-15/h3-10,21H,1-2H3. The van der Waals surface area contributed by atoms with E-state index in [9.17, 15) is 9.59 Å². The van der Waals surface area contributed by atoms with E-state index in [0.29, 0.717) is 10.7 Å². The zero-order valence-electron chi connectivity index (χ0n) is 14.0. The van der Waals surface area contributed by atoms with Crippen molar-refractivity contribution < 1.29 is 19.1 Å². The van der Waals surface area contributed by atoms with Crippen molar-refractivity contribution in [1.29, 1.82) is 0 Å². The third-order valence-electron chi connectivity index (χ3n) is 3.28. The summed E-state index contributed by atoms with van der Waals surface area (Å²) in [5.74, 6) is -2.75. The molecule has 0 saturated carbocycles. The second-order valence-corrected chi connectivity index (χ2v) is 7.27. The van der Waals surface area contributed by atoms with Gasteiger partial charge < -0.3 is 14.8 Å². The van der Waals surface area contributed by atoms with Crippen molar-refractivity contribution in [2.45, 2.75) is 29.6 Å². The Hall–Kier alpha value is -2.51. The quantitative estimate of drug-likeness (QED) is 0.480. The molecule has 2 aromatic rings. The first-order valence-electron chi connectivity index (χ1n) is 7.66. The maximum absolute atomic E-state index is 11.9. The molecule has 3 rings (SSSR count). The lowest BCUT2D eigenvalue weighted by atomic mass is 10.2. The molecule has 1 fully saturated rings. The predicted octanol–water partition coefficient (Wildman–Crippen LogP) is 4.02. The number of hydrogen-bond donors (Lipinski definition) is 1. The van der Waals surface area contributed by atoms with Crippen LogP contribution in [0.2, 0.25) is 5.02 Å². The van der Waals surface area contributed by atoms with Crippen LogP contribution in [-0.2, 0) is 19.1 Å². The minimum absolute atomic E-state index is 0.215. The predicted molar refractivity (Wildman–Crippen MR) is 97.8 cm³/mol. The van der Waals surface area contributed by atoms with E-state index in [2.05, 4.69) is 10.3 Å². The fraction of sp³-hybridized carbons (Fsp3) is 0.167. The van der Waals surface area contributed by atoms with Gasteiger partial charge in [-0.1, -0.05) is 29.4 Å². The number of nitrogens with zero attached hydrogens (tertiary/aromatic N) is 1. The van der Waals surface area contributed by atoms with Crippen molar-refractivity contribution >= 4 is 41.0 Å². The molecule has 1 N–H and O–H groups in total. The molecule has 0 bridgehead atoms. The van der Waals surface area contributed by atoms with Gasteiger partial charge in [-0.05, 0) is 30.3 Å². The minimum atomic E-state index is -1.26. The van der Waals surface area contributed by atoms with E-state index in [0.717, 1.165) is 9.92 Å². The highest BCUT2D eigenvalue weighted by Gasteiger charge is 2.38. The van der Waals surface area contributed by atoms with E-state index in [1.54, 1.807) is 18.3 Å². The van der Waals surface area contributed by atoms with Crippen LogP contribution in [0, 0.1) is 0 Å². The van der Waals surface area contributed by atoms with Crippen LogP contribution < -0.4 is 5.32 Å². The van der Waals surface area contributed by atoms with E-state index in [4.69, 9.17) is 21.1 Å². The first-order chi connectivity index (χ1) is 12.3. The molecule has 0 unspecified atom stereocenters. The van der Waals surface area contributed by atoms with Crippen molar-refractivity contribution in [3.05, 3.63) is 59.4 Å². The Labute approximate surface area is 159 Å². The number of carbonyl (C=O) groups excluding carboxylic acids is 2. The van der Waals surface area contributed by atoms with Gasteiger partial charge in [0.05, 0.1) is 5.02 Å². The Bertz CT molecular complexity index is 862. The SMILES string of the molecule is CC1(C)OC(=O)C(=CNc2ccc(Sc3ccccn3)c(Cl)c2)C(=O)O1. The highest BCUT2D eigenvalue weighted by Crippen LogP contribution is 2.34. The van der Waals surface area contributed by atoms with Crippen LogP contribution >= 0.6 is 23.4 Å². The highest BCUT2D eigenvalue weighted by molar-refractivity contribution is 7.99. The molecule has 1 aliphatic heterocycles. The van der Waals surface area contributed by atoms with Gasteiger partial charge in [0, 0.05) is 36.8 Å². The number of carbonyl (C=O) groups is 2. The van der Waals surface area contributed by atoms with Crippen molar-refractivity contribution in [3.63, 3.8) is 0 Å². The van der Waals surface area contributed by atoms with Crippen LogP contribution in [0.25, 0.3) is 0 Å². The Morgan fingerprint density at radius 1 is 1.15 bits per heavy atom. The first-order valence-corrected chi connectivity index (χ1v) is 8.85. The lowest BCUT2D eigenvalue weighted by Gasteiger charge is -2.29. The molecule has 1 aromatic carbocycles. The number of esters is 2. The molecule has 1 aromatic heterocycles. The Balaban J connectivity index is 1.72. The molecule has 0 spiro atoms. The van der Waals surface area contributed by atoms with Crippen LogP contribution in [0.3, 0.4) is 0 Å². The third-order valence-corrected chi connectivity index (χ3v) is 4.74. The van der Waals surface area contributed by atoms with Gasteiger partial charge in [0.2, 0.25) is 0 Å². The van der Waals surface area contributed by atoms with Crippen LogP contribution in [0.1, 0.15) is 13.8 Å². The Morgan fingerprint density at radius 3 is 2.50 bits per heavy atom. The van der Waals surface area contributed by atoms with E-state index in [1.807, 2.05) is 24.3 Å². The number of ether oxygens (including phenoxy) is 2. The van der Waals surface area contributed by atoms with E-state index in [-0.39, 0.29) is 5.57 Å². The molecule has 2 heterocycles. The minimum Gasteiger partial charge on any atom is -0.419 e. The fourth-order valence-electron chi connectivity index (χ4n) is 2.13. The van der Waals surface area contributed by atoms with Crippen molar-refractivity contribution in [2.75, 3.05) is 5.32 Å². The van der Waals surface area contributed by atoms with Gasteiger partial charge in [-0.25, -0.2) is 14.6 Å². The zero-order chi connectivity index (χ0) is 18.7. The van der Waals surface area contributed by atoms with E-state index in [1.165, 1.54) is 31.8 Å². The monoisotopic (exact) mass is 390 g/mol. The number of benzene rings is 1. The molecule has 0 aliphatic carbocycles. The van der Waals surface area contributed by atoms with Gasteiger partial charge in [0.15, 0.2) is 5.57 Å². The molecule has 8 heteroatoms. The average molecular weight is 391 g/mol. The Morgan fingerprint density at radius 2 is 1.88 bits per heavy atom. The summed E-state index contributed by atoms with van der Waals surface area (Å²) in [4.78, 5) is 28.9.